The standard InChI is InChI=1S/C18H28F2N4O2.HI/c1-6-22-17(23-12-18(2,3)15(25)21-4)24(5)11-13-7-9-14(10-8-13)26-16(19)20;/h7-10,16H,6,11-12H2,1-5H3,(H,21,25)(H,22,23);1H. The monoisotopic (exact) mass is 498 g/mol. The Morgan fingerprint density at radius 3 is 2.37 bits per heavy atom. The van der Waals surface area contributed by atoms with Crippen molar-refractivity contribution in [2.75, 3.05) is 27.2 Å². The zero-order chi connectivity index (χ0) is 19.7. The number of ether oxygens (including phenoxy) is 1. The van der Waals surface area contributed by atoms with Crippen molar-refractivity contribution in [3.8, 4) is 5.75 Å². The second-order valence-corrected chi connectivity index (χ2v) is 6.51. The molecule has 0 atom stereocenters. The molecule has 0 aromatic heterocycles. The molecule has 6 nitrogen and oxygen atoms in total. The first-order chi connectivity index (χ1) is 12.2. The van der Waals surface area contributed by atoms with Crippen molar-refractivity contribution >= 4 is 35.8 Å². The Hall–Kier alpha value is -1.65. The normalized spacial score (nSPS) is 11.6. The average Bonchev–Trinajstić information content (AvgIpc) is 2.58. The van der Waals surface area contributed by atoms with Crippen LogP contribution in [0.3, 0.4) is 0 Å². The zero-order valence-electron chi connectivity index (χ0n) is 16.4. The number of carbonyl (C=O) groups is 1. The van der Waals surface area contributed by atoms with Crippen LogP contribution in [0.15, 0.2) is 29.3 Å². The molecule has 1 rings (SSSR count). The summed E-state index contributed by atoms with van der Waals surface area (Å²) in [7, 11) is 3.48. The van der Waals surface area contributed by atoms with Crippen LogP contribution in [-0.2, 0) is 11.3 Å². The maximum atomic E-state index is 12.2. The first kappa shape index (κ1) is 25.4. The van der Waals surface area contributed by atoms with Gasteiger partial charge in [-0.15, -0.1) is 24.0 Å². The van der Waals surface area contributed by atoms with E-state index in [1.807, 2.05) is 32.7 Å². The molecule has 0 unspecified atom stereocenters. The summed E-state index contributed by atoms with van der Waals surface area (Å²) in [4.78, 5) is 18.4. The lowest BCUT2D eigenvalue weighted by Gasteiger charge is -2.25. The summed E-state index contributed by atoms with van der Waals surface area (Å²) in [5, 5.41) is 5.83. The molecular weight excluding hydrogens is 469 g/mol. The molecule has 0 aliphatic heterocycles. The number of hydrogen-bond acceptors (Lipinski definition) is 3. The van der Waals surface area contributed by atoms with Gasteiger partial charge in [0.25, 0.3) is 0 Å². The number of rotatable bonds is 8. The lowest BCUT2D eigenvalue weighted by Crippen LogP contribution is -2.41. The topological polar surface area (TPSA) is 66.0 Å². The first-order valence-electron chi connectivity index (χ1n) is 8.45. The second-order valence-electron chi connectivity index (χ2n) is 6.51. The van der Waals surface area contributed by atoms with Crippen LogP contribution in [0, 0.1) is 5.41 Å². The van der Waals surface area contributed by atoms with Crippen LogP contribution in [0.1, 0.15) is 26.3 Å². The van der Waals surface area contributed by atoms with Gasteiger partial charge in [-0.25, -0.2) is 0 Å². The molecule has 0 saturated carbocycles. The van der Waals surface area contributed by atoms with Crippen LogP contribution < -0.4 is 15.4 Å². The van der Waals surface area contributed by atoms with Gasteiger partial charge in [-0.05, 0) is 38.5 Å². The highest BCUT2D eigenvalue weighted by atomic mass is 127. The van der Waals surface area contributed by atoms with E-state index in [-0.39, 0.29) is 35.6 Å². The molecule has 1 amide bonds. The summed E-state index contributed by atoms with van der Waals surface area (Å²) in [5.74, 6) is 0.714. The maximum absolute atomic E-state index is 12.2. The van der Waals surface area contributed by atoms with Crippen molar-refractivity contribution in [1.82, 2.24) is 15.5 Å². The quantitative estimate of drug-likeness (QED) is 0.329. The van der Waals surface area contributed by atoms with Crippen LogP contribution in [0.2, 0.25) is 0 Å². The molecule has 154 valence electrons. The zero-order valence-corrected chi connectivity index (χ0v) is 18.7. The third-order valence-corrected chi connectivity index (χ3v) is 3.73. The predicted octanol–water partition coefficient (Wildman–Crippen LogP) is 3.08. The molecule has 0 saturated heterocycles. The van der Waals surface area contributed by atoms with E-state index in [2.05, 4.69) is 20.4 Å². The third-order valence-electron chi connectivity index (χ3n) is 3.73. The molecule has 27 heavy (non-hydrogen) atoms. The van der Waals surface area contributed by atoms with Crippen molar-refractivity contribution in [2.45, 2.75) is 33.9 Å². The Bertz CT molecular complexity index is 610. The predicted molar refractivity (Wildman–Crippen MR) is 114 cm³/mol. The number of amides is 1. The number of nitrogens with zero attached hydrogens (tertiary/aromatic N) is 2. The van der Waals surface area contributed by atoms with Crippen molar-refractivity contribution in [3.63, 3.8) is 0 Å². The number of aliphatic imine (C=N–C) groups is 1. The van der Waals surface area contributed by atoms with E-state index in [4.69, 9.17) is 0 Å². The summed E-state index contributed by atoms with van der Waals surface area (Å²) in [6.45, 7) is 4.34. The number of benzene rings is 1. The molecular formula is C18H29F2IN4O2. The van der Waals surface area contributed by atoms with Crippen molar-refractivity contribution in [3.05, 3.63) is 29.8 Å². The Kier molecular flexibility index (Phi) is 11.2. The van der Waals surface area contributed by atoms with Crippen LogP contribution in [-0.4, -0.2) is 50.6 Å². The minimum Gasteiger partial charge on any atom is -0.435 e. The van der Waals surface area contributed by atoms with Crippen LogP contribution in [0.5, 0.6) is 5.75 Å². The minimum atomic E-state index is -2.83. The third kappa shape index (κ3) is 8.72. The van der Waals surface area contributed by atoms with Gasteiger partial charge in [-0.2, -0.15) is 8.78 Å². The van der Waals surface area contributed by atoms with Gasteiger partial charge in [-0.1, -0.05) is 12.1 Å². The van der Waals surface area contributed by atoms with E-state index in [0.717, 1.165) is 5.56 Å². The van der Waals surface area contributed by atoms with Gasteiger partial charge in [0.1, 0.15) is 5.75 Å². The van der Waals surface area contributed by atoms with E-state index >= 15 is 0 Å². The van der Waals surface area contributed by atoms with Crippen LogP contribution >= 0.6 is 24.0 Å². The summed E-state index contributed by atoms with van der Waals surface area (Å²) in [6.07, 6.45) is 0. The summed E-state index contributed by atoms with van der Waals surface area (Å²) in [6, 6.07) is 6.47. The van der Waals surface area contributed by atoms with Crippen LogP contribution in [0.25, 0.3) is 0 Å². The van der Waals surface area contributed by atoms with E-state index in [1.165, 1.54) is 12.1 Å². The number of hydrogen-bond donors (Lipinski definition) is 2. The highest BCUT2D eigenvalue weighted by molar-refractivity contribution is 14.0. The molecule has 9 heteroatoms. The van der Waals surface area contributed by atoms with Gasteiger partial charge in [0.15, 0.2) is 5.96 Å². The van der Waals surface area contributed by atoms with Crippen LogP contribution in [0.4, 0.5) is 8.78 Å². The SMILES string of the molecule is CCNC(=NCC(C)(C)C(=O)NC)N(C)Cc1ccc(OC(F)F)cc1.I. The second kappa shape index (κ2) is 11.9. The van der Waals surface area contributed by atoms with Crippen molar-refractivity contribution in [1.29, 1.82) is 0 Å². The van der Waals surface area contributed by atoms with E-state index in [0.29, 0.717) is 25.6 Å². The Labute approximate surface area is 176 Å². The molecule has 0 aliphatic rings. The molecule has 1 aromatic rings. The largest absolute Gasteiger partial charge is 0.435 e. The summed E-state index contributed by atoms with van der Waals surface area (Å²) < 4.78 is 28.8. The van der Waals surface area contributed by atoms with Gasteiger partial charge >= 0.3 is 6.61 Å². The van der Waals surface area contributed by atoms with E-state index in [9.17, 15) is 13.6 Å². The maximum Gasteiger partial charge on any atom is 0.387 e. The highest BCUT2D eigenvalue weighted by Crippen LogP contribution is 2.17. The Morgan fingerprint density at radius 1 is 1.30 bits per heavy atom. The summed E-state index contributed by atoms with van der Waals surface area (Å²) >= 11 is 0. The molecule has 1 aromatic carbocycles. The van der Waals surface area contributed by atoms with Crippen molar-refractivity contribution < 1.29 is 18.3 Å². The van der Waals surface area contributed by atoms with Gasteiger partial charge in [-0.3, -0.25) is 9.79 Å². The van der Waals surface area contributed by atoms with Gasteiger partial charge in [0.05, 0.1) is 12.0 Å². The molecule has 2 N–H and O–H groups in total. The average molecular weight is 498 g/mol. The molecule has 0 radical (unpaired) electrons. The first-order valence-corrected chi connectivity index (χ1v) is 8.45. The number of alkyl halides is 2. The Morgan fingerprint density at radius 2 is 1.89 bits per heavy atom. The van der Waals surface area contributed by atoms with Gasteiger partial charge in [0, 0.05) is 27.2 Å². The summed E-state index contributed by atoms with van der Waals surface area (Å²) in [5.41, 5.74) is 0.301. The van der Waals surface area contributed by atoms with Crippen molar-refractivity contribution in [2.24, 2.45) is 10.4 Å². The van der Waals surface area contributed by atoms with E-state index < -0.39 is 12.0 Å². The fraction of sp³-hybridized carbons (Fsp3) is 0.556. The molecule has 0 bridgehead atoms. The highest BCUT2D eigenvalue weighted by Gasteiger charge is 2.26. The fourth-order valence-electron chi connectivity index (χ4n) is 2.28. The molecule has 0 aliphatic carbocycles. The number of nitrogens with one attached hydrogen (secondary N) is 2. The lowest BCUT2D eigenvalue weighted by atomic mass is 9.93. The van der Waals surface area contributed by atoms with Gasteiger partial charge in [0.2, 0.25) is 5.91 Å². The lowest BCUT2D eigenvalue weighted by molar-refractivity contribution is -0.128. The Balaban J connectivity index is 0.00000676. The smallest absolute Gasteiger partial charge is 0.387 e. The molecule has 0 heterocycles. The van der Waals surface area contributed by atoms with E-state index in [1.54, 1.807) is 19.2 Å². The number of guanidine groups is 1. The molecule has 0 fully saturated rings. The van der Waals surface area contributed by atoms with Gasteiger partial charge < -0.3 is 20.3 Å². The fourth-order valence-corrected chi connectivity index (χ4v) is 2.28. The minimum absolute atomic E-state index is 0. The number of carbonyl (C=O) groups excluding carboxylic acids is 1. The molecule has 0 spiro atoms. The number of halogens is 3.